The van der Waals surface area contributed by atoms with E-state index < -0.39 is 82.3 Å². The number of rotatable bonds is 5. The number of hydrogen-bond acceptors (Lipinski definition) is 10. The van der Waals surface area contributed by atoms with Crippen molar-refractivity contribution in [3.8, 4) is 0 Å². The fourth-order valence-corrected chi connectivity index (χ4v) is 9.79. The van der Waals surface area contributed by atoms with Crippen LogP contribution >= 0.6 is 0 Å². The molecule has 1 aliphatic heterocycles. The summed E-state index contributed by atoms with van der Waals surface area (Å²) < 4.78 is 31.2. The van der Waals surface area contributed by atoms with Crippen molar-refractivity contribution >= 4 is 29.7 Å². The number of ether oxygens (including phenoxy) is 5. The Kier molecular flexibility index (Phi) is 6.66. The van der Waals surface area contributed by atoms with Crippen LogP contribution < -0.4 is 0 Å². The molecule has 232 valence electrons. The molecule has 5 fully saturated rings. The minimum atomic E-state index is -1.82. The first-order chi connectivity index (χ1) is 20.1. The Bertz CT molecular complexity index is 1390. The van der Waals surface area contributed by atoms with E-state index in [1.54, 1.807) is 37.3 Å². The molecule has 5 aliphatic rings. The number of carbonyl (C=O) groups is 5. The molecule has 4 saturated carbocycles. The van der Waals surface area contributed by atoms with Crippen LogP contribution in [0.5, 0.6) is 0 Å². The summed E-state index contributed by atoms with van der Waals surface area (Å²) >= 11 is 0. The maximum atomic E-state index is 15.1. The lowest BCUT2D eigenvalue weighted by atomic mass is 9.57. The van der Waals surface area contributed by atoms with Crippen molar-refractivity contribution in [1.29, 1.82) is 0 Å². The first kappa shape index (κ1) is 29.8. The number of carbonyl (C=O) groups excluding carboxylic acids is 5. The van der Waals surface area contributed by atoms with Gasteiger partial charge in [0.15, 0.2) is 5.60 Å². The van der Waals surface area contributed by atoms with Gasteiger partial charge in [0.2, 0.25) is 5.78 Å². The third-order valence-corrected chi connectivity index (χ3v) is 11.3. The van der Waals surface area contributed by atoms with E-state index >= 15 is 4.79 Å². The normalized spacial score (nSPS) is 43.3. The zero-order valence-electron chi connectivity index (χ0n) is 25.7. The van der Waals surface area contributed by atoms with Crippen molar-refractivity contribution < 1.29 is 47.7 Å². The molecule has 1 aromatic rings. The molecule has 10 heteroatoms. The molecule has 2 bridgehead atoms. The van der Waals surface area contributed by atoms with Gasteiger partial charge in [-0.05, 0) is 48.6 Å². The van der Waals surface area contributed by atoms with Crippen LogP contribution in [-0.4, -0.2) is 65.8 Å². The Hall–Kier alpha value is -3.27. The van der Waals surface area contributed by atoms with Crippen LogP contribution in [0.25, 0.3) is 0 Å². The Morgan fingerprint density at radius 2 is 1.53 bits per heavy atom. The summed E-state index contributed by atoms with van der Waals surface area (Å²) in [5, 5.41) is 0. The van der Waals surface area contributed by atoms with Crippen LogP contribution in [0.3, 0.4) is 0 Å². The molecule has 0 aromatic heterocycles. The minimum absolute atomic E-state index is 0.0218. The molecule has 6 rings (SSSR count). The summed E-state index contributed by atoms with van der Waals surface area (Å²) in [6, 6.07) is 8.46. The number of Topliss-reactive ketones (excluding diaryl/α,β-unsaturated/α-hetero) is 1. The first-order valence-electron chi connectivity index (χ1n) is 15.1. The average Bonchev–Trinajstić information content (AvgIpc) is 3.18. The van der Waals surface area contributed by atoms with Gasteiger partial charge in [-0.3, -0.25) is 19.2 Å². The number of esters is 4. The predicted octanol–water partition coefficient (Wildman–Crippen LogP) is 3.68. The van der Waals surface area contributed by atoms with Crippen molar-refractivity contribution in [2.45, 2.75) is 90.8 Å². The maximum Gasteiger partial charge on any atom is 0.338 e. The van der Waals surface area contributed by atoms with Crippen molar-refractivity contribution in [3.05, 3.63) is 35.9 Å². The zero-order chi connectivity index (χ0) is 31.3. The Morgan fingerprint density at radius 3 is 2.14 bits per heavy atom. The molecule has 0 unspecified atom stereocenters. The Labute approximate surface area is 251 Å². The van der Waals surface area contributed by atoms with Crippen LogP contribution in [-0.2, 0) is 42.9 Å². The molecule has 1 aromatic carbocycles. The van der Waals surface area contributed by atoms with E-state index in [1.165, 1.54) is 20.8 Å². The van der Waals surface area contributed by atoms with Gasteiger partial charge in [0.25, 0.3) is 0 Å². The van der Waals surface area contributed by atoms with Crippen LogP contribution in [0.4, 0.5) is 0 Å². The highest BCUT2D eigenvalue weighted by molar-refractivity contribution is 5.99. The van der Waals surface area contributed by atoms with Gasteiger partial charge in [-0.2, -0.15) is 0 Å². The fourth-order valence-electron chi connectivity index (χ4n) is 9.79. The molecule has 11 atom stereocenters. The van der Waals surface area contributed by atoms with Crippen molar-refractivity contribution in [2.75, 3.05) is 6.61 Å². The van der Waals surface area contributed by atoms with Gasteiger partial charge < -0.3 is 23.7 Å². The van der Waals surface area contributed by atoms with Gasteiger partial charge >= 0.3 is 23.9 Å². The largest absolute Gasteiger partial charge is 0.462 e. The summed E-state index contributed by atoms with van der Waals surface area (Å²) in [6.07, 6.45) is -2.35. The molecule has 0 spiro atoms. The molecule has 1 saturated heterocycles. The minimum Gasteiger partial charge on any atom is -0.462 e. The number of hydrogen-bond donors (Lipinski definition) is 0. The predicted molar refractivity (Wildman–Crippen MR) is 149 cm³/mol. The van der Waals surface area contributed by atoms with E-state index in [2.05, 4.69) is 13.8 Å². The van der Waals surface area contributed by atoms with Crippen molar-refractivity contribution in [2.24, 2.45) is 40.4 Å². The second-order valence-corrected chi connectivity index (χ2v) is 14.1. The molecule has 0 amide bonds. The highest BCUT2D eigenvalue weighted by atomic mass is 16.6. The van der Waals surface area contributed by atoms with Crippen LogP contribution in [0.15, 0.2) is 30.3 Å². The SMILES string of the molecule is CC(=O)O[C@@H]1[C@@H]2[C@@H](OC(=O)c3ccccc3)[C@@]34CO[C@@](C)(C(=O)[C@@]2(OC(C)=O)C[C@@H]1C)[C@@H]3[C@@H]1[C@H](C[C@H]4OC(C)=O)C1(C)C. The van der Waals surface area contributed by atoms with Crippen LogP contribution in [0.2, 0.25) is 0 Å². The number of ketones is 1. The zero-order valence-corrected chi connectivity index (χ0v) is 25.7. The lowest BCUT2D eigenvalue weighted by molar-refractivity contribution is -0.207. The number of benzene rings is 1. The van der Waals surface area contributed by atoms with Crippen molar-refractivity contribution in [3.63, 3.8) is 0 Å². The molecular formula is C33H40O10. The molecule has 4 aliphatic carbocycles. The fraction of sp³-hybridized carbons (Fsp3) is 0.667. The standard InChI is InChI=1S/C33H40O10/c1-16-14-33(43-19(4)36)24(25(16)41-18(3)35)27(42-28(37)20-11-9-8-10-12-20)32-15-39-31(7,29(33)38)26(32)23-21(30(23,5)6)13-22(32)40-17(2)34/h8-12,16,21-27H,13-15H2,1-7H3/t16-,21-,22+,23-,24+,25-,26-,27+,31+,32+,33+/m0/s1. The summed E-state index contributed by atoms with van der Waals surface area (Å²) in [7, 11) is 0. The molecule has 10 nitrogen and oxygen atoms in total. The van der Waals surface area contributed by atoms with Crippen LogP contribution in [0.1, 0.15) is 71.7 Å². The summed E-state index contributed by atoms with van der Waals surface area (Å²) in [5.74, 6) is -4.80. The van der Waals surface area contributed by atoms with Gasteiger partial charge in [-0.1, -0.05) is 39.0 Å². The summed E-state index contributed by atoms with van der Waals surface area (Å²) in [6.45, 7) is 11.6. The van der Waals surface area contributed by atoms with Gasteiger partial charge in [0.05, 0.1) is 23.5 Å². The first-order valence-corrected chi connectivity index (χ1v) is 15.1. The van der Waals surface area contributed by atoms with Gasteiger partial charge in [0, 0.05) is 33.1 Å². The summed E-state index contributed by atoms with van der Waals surface area (Å²) in [5.41, 5.74) is -4.40. The van der Waals surface area contributed by atoms with Gasteiger partial charge in [-0.15, -0.1) is 0 Å². The van der Waals surface area contributed by atoms with Gasteiger partial charge in [-0.25, -0.2) is 4.79 Å². The molecular weight excluding hydrogens is 556 g/mol. The smallest absolute Gasteiger partial charge is 0.338 e. The van der Waals surface area contributed by atoms with Crippen molar-refractivity contribution in [1.82, 2.24) is 0 Å². The Morgan fingerprint density at radius 1 is 0.884 bits per heavy atom. The monoisotopic (exact) mass is 596 g/mol. The number of fused-ring (bicyclic) bond motifs is 2. The van der Waals surface area contributed by atoms with E-state index in [-0.39, 0.29) is 35.8 Å². The quantitative estimate of drug-likeness (QED) is 0.366. The topological polar surface area (TPSA) is 132 Å². The van der Waals surface area contributed by atoms with E-state index in [0.717, 1.165) is 0 Å². The second kappa shape index (κ2) is 9.61. The van der Waals surface area contributed by atoms with Gasteiger partial charge in [0.1, 0.15) is 23.9 Å². The second-order valence-electron chi connectivity index (χ2n) is 14.1. The summed E-state index contributed by atoms with van der Waals surface area (Å²) in [4.78, 5) is 67.0. The lowest BCUT2D eigenvalue weighted by Crippen LogP contribution is -2.62. The van der Waals surface area contributed by atoms with E-state index in [9.17, 15) is 19.2 Å². The molecule has 0 radical (unpaired) electrons. The van der Waals surface area contributed by atoms with E-state index in [4.69, 9.17) is 23.7 Å². The van der Waals surface area contributed by atoms with E-state index in [1.807, 2.05) is 6.92 Å². The Balaban J connectivity index is 1.64. The highest BCUT2D eigenvalue weighted by Gasteiger charge is 2.86. The van der Waals surface area contributed by atoms with Crippen LogP contribution in [0, 0.1) is 40.4 Å². The third kappa shape index (κ3) is 4.04. The average molecular weight is 597 g/mol. The highest BCUT2D eigenvalue weighted by Crippen LogP contribution is 2.78. The molecule has 1 heterocycles. The molecule has 0 N–H and O–H groups in total. The van der Waals surface area contributed by atoms with E-state index in [0.29, 0.717) is 6.42 Å². The maximum absolute atomic E-state index is 15.1. The lowest BCUT2D eigenvalue weighted by Gasteiger charge is -2.50. The molecule has 43 heavy (non-hydrogen) atoms. The third-order valence-electron chi connectivity index (χ3n) is 11.3.